The molecule has 0 aliphatic heterocycles. The van der Waals surface area contributed by atoms with Crippen LogP contribution in [0.4, 0.5) is 18.9 Å². The van der Waals surface area contributed by atoms with Crippen LogP contribution in [0.3, 0.4) is 0 Å². The molecule has 3 N–H and O–H groups in total. The lowest BCUT2D eigenvalue weighted by Gasteiger charge is -2.20. The number of benzene rings is 1. The highest BCUT2D eigenvalue weighted by atomic mass is 35.5. The number of aromatic nitrogens is 7. The fourth-order valence-corrected chi connectivity index (χ4v) is 4.21. The summed E-state index contributed by atoms with van der Waals surface area (Å²) in [5, 5.41) is 40.5. The maximum atomic E-state index is 13.3. The molecule has 0 bridgehead atoms. The van der Waals surface area contributed by atoms with Crippen LogP contribution < -0.4 is 10.6 Å². The number of nitrogens with one attached hydrogen (secondary N) is 2. The topological polar surface area (TPSA) is 159 Å². The highest BCUT2D eigenvalue weighted by molar-refractivity contribution is 6.32. The van der Waals surface area contributed by atoms with E-state index in [4.69, 9.17) is 11.6 Å². The number of alkyl halides is 3. The van der Waals surface area contributed by atoms with Crippen LogP contribution in [0.2, 0.25) is 5.02 Å². The summed E-state index contributed by atoms with van der Waals surface area (Å²) in [5.74, 6) is -1.64. The molecule has 1 aromatic carbocycles. The van der Waals surface area contributed by atoms with E-state index in [1.807, 2.05) is 6.07 Å². The van der Waals surface area contributed by atoms with Crippen molar-refractivity contribution >= 4 is 23.2 Å². The predicted octanol–water partition coefficient (Wildman–Crippen LogP) is 3.15. The second-order valence-electron chi connectivity index (χ2n) is 9.06. The van der Waals surface area contributed by atoms with Gasteiger partial charge in [0.05, 0.1) is 45.8 Å². The Hall–Kier alpha value is -4.55. The Kier molecular flexibility index (Phi) is 7.13. The number of pyridine rings is 1. The van der Waals surface area contributed by atoms with Gasteiger partial charge in [-0.05, 0) is 66.1 Å². The molecule has 16 heteroatoms. The molecule has 1 saturated carbocycles. The van der Waals surface area contributed by atoms with Crippen molar-refractivity contribution in [2.45, 2.75) is 44.8 Å². The van der Waals surface area contributed by atoms with Crippen molar-refractivity contribution in [3.63, 3.8) is 0 Å². The highest BCUT2D eigenvalue weighted by Gasteiger charge is 2.38. The molecule has 3 heterocycles. The predicted molar refractivity (Wildman–Crippen MR) is 133 cm³/mol. The molecule has 206 valence electrons. The second kappa shape index (κ2) is 10.5. The van der Waals surface area contributed by atoms with Gasteiger partial charge in [-0.3, -0.25) is 4.79 Å². The van der Waals surface area contributed by atoms with E-state index in [0.717, 1.165) is 12.8 Å². The molecule has 4 aromatic rings. The zero-order valence-electron chi connectivity index (χ0n) is 20.7. The Balaban J connectivity index is 1.54. The molecule has 1 unspecified atom stereocenters. The second-order valence-corrected chi connectivity index (χ2v) is 9.47. The van der Waals surface area contributed by atoms with Crippen molar-refractivity contribution in [2.75, 3.05) is 5.32 Å². The first-order chi connectivity index (χ1) is 19.0. The Morgan fingerprint density at radius 2 is 2.10 bits per heavy atom. The van der Waals surface area contributed by atoms with Gasteiger partial charge in [0.2, 0.25) is 0 Å². The number of aryl methyl sites for hydroxylation is 1. The minimum absolute atomic E-state index is 0.0412. The Morgan fingerprint density at radius 3 is 2.77 bits per heavy atom. The van der Waals surface area contributed by atoms with Gasteiger partial charge in [-0.25, -0.2) is 14.3 Å². The van der Waals surface area contributed by atoms with Crippen LogP contribution in [-0.2, 0) is 12.7 Å². The van der Waals surface area contributed by atoms with Crippen molar-refractivity contribution in [1.82, 2.24) is 40.3 Å². The van der Waals surface area contributed by atoms with Gasteiger partial charge >= 0.3 is 6.18 Å². The van der Waals surface area contributed by atoms with Crippen molar-refractivity contribution in [3.8, 4) is 11.9 Å². The summed E-state index contributed by atoms with van der Waals surface area (Å²) in [6.45, 7) is 1.18. The normalized spacial score (nSPS) is 14.0. The molecule has 1 aliphatic carbocycles. The van der Waals surface area contributed by atoms with Gasteiger partial charge < -0.3 is 15.7 Å². The molecular weight excluding hydrogens is 553 g/mol. The standard InChI is InChI=1S/C24H20ClF3N10O2/c1-12-7-13(10-29)8-16(21(39)31-14-4-5-14)19(12)32-22(40)18-9-15(11-37-23(24(26,27)28)33-35-36-37)34-38(18)20-17(25)3-2-6-30-20/h2-3,6-9,14,22,32,40H,4-5,11H2,1H3,(H,31,39). The third-order valence-electron chi connectivity index (χ3n) is 6.01. The number of halogens is 4. The van der Waals surface area contributed by atoms with Crippen molar-refractivity contribution in [2.24, 2.45) is 0 Å². The lowest BCUT2D eigenvalue weighted by atomic mass is 10.0. The van der Waals surface area contributed by atoms with E-state index in [2.05, 4.69) is 36.2 Å². The van der Waals surface area contributed by atoms with Gasteiger partial charge in [-0.2, -0.15) is 23.5 Å². The summed E-state index contributed by atoms with van der Waals surface area (Å²) in [5.41, 5.74) is 1.27. The van der Waals surface area contributed by atoms with Gasteiger partial charge in [-0.1, -0.05) is 11.6 Å². The first-order valence-electron chi connectivity index (χ1n) is 11.9. The average Bonchev–Trinajstić information content (AvgIpc) is 3.41. The number of anilines is 1. The number of nitrogens with zero attached hydrogens (tertiary/aromatic N) is 8. The fourth-order valence-electron chi connectivity index (χ4n) is 4.01. The van der Waals surface area contributed by atoms with Gasteiger partial charge in [0, 0.05) is 12.2 Å². The summed E-state index contributed by atoms with van der Waals surface area (Å²) in [4.78, 5) is 17.2. The Morgan fingerprint density at radius 1 is 1.32 bits per heavy atom. The van der Waals surface area contributed by atoms with E-state index >= 15 is 0 Å². The zero-order valence-corrected chi connectivity index (χ0v) is 21.4. The molecule has 1 aliphatic rings. The van der Waals surface area contributed by atoms with Crippen LogP contribution in [-0.4, -0.2) is 52.0 Å². The maximum absolute atomic E-state index is 13.3. The van der Waals surface area contributed by atoms with Crippen molar-refractivity contribution in [3.05, 3.63) is 75.5 Å². The average molecular weight is 573 g/mol. The van der Waals surface area contributed by atoms with E-state index in [9.17, 15) is 28.3 Å². The van der Waals surface area contributed by atoms with Crippen molar-refractivity contribution in [1.29, 1.82) is 5.26 Å². The lowest BCUT2D eigenvalue weighted by Crippen LogP contribution is -2.27. The molecule has 5 rings (SSSR count). The maximum Gasteiger partial charge on any atom is 0.453 e. The molecule has 40 heavy (non-hydrogen) atoms. The van der Waals surface area contributed by atoms with Gasteiger partial charge in [0.25, 0.3) is 11.7 Å². The third-order valence-corrected chi connectivity index (χ3v) is 6.30. The minimum Gasteiger partial charge on any atom is -0.368 e. The van der Waals surface area contributed by atoms with Crippen LogP contribution in [0, 0.1) is 18.3 Å². The molecule has 3 aromatic heterocycles. The number of aliphatic hydroxyl groups excluding tert-OH is 1. The zero-order chi connectivity index (χ0) is 28.6. The van der Waals surface area contributed by atoms with E-state index < -0.39 is 30.7 Å². The first-order valence-corrected chi connectivity index (χ1v) is 12.3. The number of amides is 1. The van der Waals surface area contributed by atoms with Crippen LogP contribution in [0.1, 0.15) is 57.8 Å². The number of carbonyl (C=O) groups excluding carboxylic acids is 1. The van der Waals surface area contributed by atoms with Gasteiger partial charge in [-0.15, -0.1) is 5.10 Å². The van der Waals surface area contributed by atoms with Gasteiger partial charge in [0.15, 0.2) is 12.0 Å². The van der Waals surface area contributed by atoms with Crippen LogP contribution in [0.15, 0.2) is 36.5 Å². The molecular formula is C24H20ClF3N10O2. The molecule has 1 atom stereocenters. The Labute approximate surface area is 229 Å². The SMILES string of the molecule is Cc1cc(C#N)cc(C(=O)NC2CC2)c1NC(O)c1cc(Cn2nnnc2C(F)(F)F)nn1-c1ncccc1Cl. The molecule has 0 radical (unpaired) electrons. The largest absolute Gasteiger partial charge is 0.453 e. The summed E-state index contributed by atoms with van der Waals surface area (Å²) in [6.07, 6.45) is -3.23. The van der Waals surface area contributed by atoms with Crippen LogP contribution in [0.25, 0.3) is 5.82 Å². The quantitative estimate of drug-likeness (QED) is 0.269. The summed E-state index contributed by atoms with van der Waals surface area (Å²) >= 11 is 6.32. The number of tetrazole rings is 1. The molecule has 1 fully saturated rings. The monoisotopic (exact) mass is 572 g/mol. The number of hydrogen-bond donors (Lipinski definition) is 3. The van der Waals surface area contributed by atoms with E-state index in [1.165, 1.54) is 29.1 Å². The van der Waals surface area contributed by atoms with Crippen LogP contribution >= 0.6 is 11.6 Å². The fraction of sp³-hybridized carbons (Fsp3) is 0.292. The molecule has 0 saturated heterocycles. The number of rotatable bonds is 8. The number of hydrogen-bond acceptors (Lipinski definition) is 9. The number of aliphatic hydroxyl groups is 1. The molecule has 0 spiro atoms. The number of carbonyl (C=O) groups is 1. The van der Waals surface area contributed by atoms with Crippen LogP contribution in [0.5, 0.6) is 0 Å². The highest BCUT2D eigenvalue weighted by Crippen LogP contribution is 2.31. The minimum atomic E-state index is -4.80. The summed E-state index contributed by atoms with van der Waals surface area (Å²) in [6, 6.07) is 9.47. The first kappa shape index (κ1) is 27.0. The summed E-state index contributed by atoms with van der Waals surface area (Å²) in [7, 11) is 0. The molecule has 1 amide bonds. The number of nitriles is 1. The third kappa shape index (κ3) is 5.58. The molecule has 12 nitrogen and oxygen atoms in total. The van der Waals surface area contributed by atoms with E-state index in [-0.39, 0.29) is 45.1 Å². The lowest BCUT2D eigenvalue weighted by molar-refractivity contribution is -0.147. The van der Waals surface area contributed by atoms with Crippen molar-refractivity contribution < 1.29 is 23.1 Å². The van der Waals surface area contributed by atoms with E-state index in [1.54, 1.807) is 19.1 Å². The Bertz CT molecular complexity index is 1620. The smallest absolute Gasteiger partial charge is 0.368 e. The van der Waals surface area contributed by atoms with E-state index in [0.29, 0.717) is 10.2 Å². The summed E-state index contributed by atoms with van der Waals surface area (Å²) < 4.78 is 41.7. The van der Waals surface area contributed by atoms with Gasteiger partial charge in [0.1, 0.15) is 0 Å².